The lowest BCUT2D eigenvalue weighted by Gasteiger charge is -2.54. The number of aryl methyl sites for hydroxylation is 1. The van der Waals surface area contributed by atoms with Gasteiger partial charge in [-0.15, -0.1) is 0 Å². The standard InChI is InChI=1S/C22H31NS/c1-2-3-4-10-21-12-15-22(16-13-21,17-14-21)11-9-19-5-7-20(8-6-19)23-18-24/h5-8H,2-4,9-17H2,1H3. The summed E-state index contributed by atoms with van der Waals surface area (Å²) in [6, 6.07) is 8.55. The second-order valence-electron chi connectivity index (χ2n) is 8.33. The van der Waals surface area contributed by atoms with Crippen LogP contribution in [0.4, 0.5) is 5.69 Å². The van der Waals surface area contributed by atoms with E-state index in [1.54, 1.807) is 0 Å². The fourth-order valence-corrected chi connectivity index (χ4v) is 5.15. The lowest BCUT2D eigenvalue weighted by molar-refractivity contribution is -0.0204. The molecule has 1 aromatic rings. The first-order valence-electron chi connectivity index (χ1n) is 9.86. The van der Waals surface area contributed by atoms with Gasteiger partial charge in [-0.05, 0) is 98.5 Å². The Morgan fingerprint density at radius 2 is 1.50 bits per heavy atom. The molecule has 2 bridgehead atoms. The fourth-order valence-electron chi connectivity index (χ4n) is 5.04. The largest absolute Gasteiger partial charge is 0.195 e. The van der Waals surface area contributed by atoms with E-state index < -0.39 is 0 Å². The van der Waals surface area contributed by atoms with E-state index in [0.717, 1.165) is 11.1 Å². The highest BCUT2D eigenvalue weighted by molar-refractivity contribution is 7.78. The maximum Gasteiger partial charge on any atom is 0.0739 e. The van der Waals surface area contributed by atoms with Crippen molar-refractivity contribution in [1.29, 1.82) is 0 Å². The molecule has 0 saturated heterocycles. The predicted octanol–water partition coefficient (Wildman–Crippen LogP) is 7.27. The second-order valence-corrected chi connectivity index (χ2v) is 8.51. The molecule has 0 unspecified atom stereocenters. The molecule has 3 saturated carbocycles. The van der Waals surface area contributed by atoms with Crippen molar-refractivity contribution in [3.05, 3.63) is 29.8 Å². The second kappa shape index (κ2) is 7.93. The Morgan fingerprint density at radius 1 is 0.917 bits per heavy atom. The minimum absolute atomic E-state index is 0.651. The van der Waals surface area contributed by atoms with Gasteiger partial charge < -0.3 is 0 Å². The lowest BCUT2D eigenvalue weighted by atomic mass is 9.51. The Balaban J connectivity index is 1.51. The predicted molar refractivity (Wildman–Crippen MR) is 106 cm³/mol. The van der Waals surface area contributed by atoms with Gasteiger partial charge in [0.25, 0.3) is 0 Å². The van der Waals surface area contributed by atoms with Crippen LogP contribution in [-0.2, 0) is 6.42 Å². The highest BCUT2D eigenvalue weighted by Crippen LogP contribution is 2.60. The van der Waals surface area contributed by atoms with Crippen molar-refractivity contribution in [3.63, 3.8) is 0 Å². The average Bonchev–Trinajstić information content (AvgIpc) is 2.63. The third-order valence-corrected chi connectivity index (χ3v) is 7.01. The van der Waals surface area contributed by atoms with Gasteiger partial charge in [0.1, 0.15) is 0 Å². The Kier molecular flexibility index (Phi) is 5.89. The van der Waals surface area contributed by atoms with Crippen LogP contribution in [-0.4, -0.2) is 5.16 Å². The fraction of sp³-hybridized carbons (Fsp3) is 0.682. The third kappa shape index (κ3) is 4.16. The molecule has 0 radical (unpaired) electrons. The normalized spacial score (nSPS) is 28.5. The lowest BCUT2D eigenvalue weighted by Crippen LogP contribution is -2.41. The number of fused-ring (bicyclic) bond motifs is 3. The van der Waals surface area contributed by atoms with Gasteiger partial charge in [0.15, 0.2) is 0 Å². The smallest absolute Gasteiger partial charge is 0.0739 e. The van der Waals surface area contributed by atoms with Gasteiger partial charge in [0, 0.05) is 0 Å². The topological polar surface area (TPSA) is 12.4 Å². The summed E-state index contributed by atoms with van der Waals surface area (Å²) in [5.41, 5.74) is 3.74. The summed E-state index contributed by atoms with van der Waals surface area (Å²) in [5, 5.41) is 2.44. The summed E-state index contributed by atoms with van der Waals surface area (Å²) >= 11 is 4.66. The number of unbranched alkanes of at least 4 members (excludes halogenated alkanes) is 2. The van der Waals surface area contributed by atoms with Crippen molar-refractivity contribution in [2.24, 2.45) is 15.8 Å². The van der Waals surface area contributed by atoms with Gasteiger partial charge in [0.05, 0.1) is 10.8 Å². The van der Waals surface area contributed by atoms with Crippen LogP contribution >= 0.6 is 12.2 Å². The van der Waals surface area contributed by atoms with Crippen molar-refractivity contribution in [3.8, 4) is 0 Å². The summed E-state index contributed by atoms with van der Waals surface area (Å²) in [7, 11) is 0. The van der Waals surface area contributed by atoms with Gasteiger partial charge in [0.2, 0.25) is 0 Å². The molecule has 24 heavy (non-hydrogen) atoms. The number of thiocarbonyl (C=S) groups is 1. The first kappa shape index (κ1) is 17.8. The molecule has 1 aromatic carbocycles. The molecule has 1 nitrogen and oxygen atoms in total. The third-order valence-electron chi connectivity index (χ3n) is 6.92. The number of benzene rings is 1. The molecule has 2 heteroatoms. The van der Waals surface area contributed by atoms with Crippen molar-refractivity contribution in [2.45, 2.75) is 84.0 Å². The molecule has 0 atom stereocenters. The van der Waals surface area contributed by atoms with Crippen LogP contribution in [0.3, 0.4) is 0 Å². The Morgan fingerprint density at radius 3 is 2.04 bits per heavy atom. The highest BCUT2D eigenvalue weighted by Gasteiger charge is 2.47. The summed E-state index contributed by atoms with van der Waals surface area (Å²) in [6.45, 7) is 2.32. The maximum absolute atomic E-state index is 4.66. The minimum Gasteiger partial charge on any atom is -0.195 e. The van der Waals surface area contributed by atoms with Crippen LogP contribution in [0.15, 0.2) is 29.3 Å². The molecule has 0 amide bonds. The number of aliphatic imine (C=N–C) groups is 1. The van der Waals surface area contributed by atoms with E-state index in [4.69, 9.17) is 0 Å². The van der Waals surface area contributed by atoms with Crippen LogP contribution in [0.1, 0.15) is 83.1 Å². The molecular formula is C22H31NS. The summed E-state index contributed by atoms with van der Waals surface area (Å²) < 4.78 is 0. The van der Waals surface area contributed by atoms with Gasteiger partial charge >= 0.3 is 0 Å². The van der Waals surface area contributed by atoms with Crippen molar-refractivity contribution < 1.29 is 0 Å². The van der Waals surface area contributed by atoms with E-state index >= 15 is 0 Å². The minimum atomic E-state index is 0.651. The van der Waals surface area contributed by atoms with E-state index in [1.165, 1.54) is 82.6 Å². The van der Waals surface area contributed by atoms with Gasteiger partial charge in [-0.1, -0.05) is 38.3 Å². The highest BCUT2D eigenvalue weighted by atomic mass is 32.1. The monoisotopic (exact) mass is 341 g/mol. The zero-order valence-corrected chi connectivity index (χ0v) is 16.0. The average molecular weight is 342 g/mol. The van der Waals surface area contributed by atoms with Crippen LogP contribution in [0.25, 0.3) is 0 Å². The van der Waals surface area contributed by atoms with E-state index in [9.17, 15) is 0 Å². The summed E-state index contributed by atoms with van der Waals surface area (Å²) in [5.74, 6) is 0. The molecule has 3 aliphatic rings. The molecular weight excluding hydrogens is 310 g/mol. The van der Waals surface area contributed by atoms with Gasteiger partial charge in [-0.25, -0.2) is 0 Å². The molecule has 0 aromatic heterocycles. The van der Waals surface area contributed by atoms with Crippen LogP contribution in [0.5, 0.6) is 0 Å². The van der Waals surface area contributed by atoms with Crippen LogP contribution < -0.4 is 0 Å². The maximum atomic E-state index is 4.66. The molecule has 3 fully saturated rings. The SMILES string of the molecule is CCCCCC12CCC(CCc3ccc(N=C=S)cc3)(CC1)CC2. The first-order valence-corrected chi connectivity index (χ1v) is 10.3. The molecule has 4 rings (SSSR count). The quantitative estimate of drug-likeness (QED) is 0.275. The molecule has 3 aliphatic carbocycles. The Labute approximate surface area is 153 Å². The zero-order chi connectivity index (χ0) is 16.9. The summed E-state index contributed by atoms with van der Waals surface area (Å²) in [6.07, 6.45) is 17.3. The number of isothiocyanates is 1. The molecule has 130 valence electrons. The van der Waals surface area contributed by atoms with Crippen molar-refractivity contribution in [1.82, 2.24) is 0 Å². The number of hydrogen-bond donors (Lipinski definition) is 0. The van der Waals surface area contributed by atoms with Crippen molar-refractivity contribution >= 4 is 23.1 Å². The zero-order valence-electron chi connectivity index (χ0n) is 15.2. The summed E-state index contributed by atoms with van der Waals surface area (Å²) in [4.78, 5) is 4.04. The first-order chi connectivity index (χ1) is 11.7. The molecule has 0 heterocycles. The molecule has 0 spiro atoms. The molecule has 0 aliphatic heterocycles. The number of rotatable bonds is 8. The Bertz CT molecular complexity index is 558. The van der Waals surface area contributed by atoms with E-state index in [-0.39, 0.29) is 0 Å². The van der Waals surface area contributed by atoms with Crippen molar-refractivity contribution in [2.75, 3.05) is 0 Å². The Hall–Kier alpha value is -0.980. The van der Waals surface area contributed by atoms with Gasteiger partial charge in [-0.2, -0.15) is 4.99 Å². The van der Waals surface area contributed by atoms with E-state index in [0.29, 0.717) is 5.41 Å². The van der Waals surface area contributed by atoms with Crippen LogP contribution in [0, 0.1) is 10.8 Å². The van der Waals surface area contributed by atoms with E-state index in [2.05, 4.69) is 53.6 Å². The van der Waals surface area contributed by atoms with E-state index in [1.807, 2.05) is 0 Å². The van der Waals surface area contributed by atoms with Gasteiger partial charge in [-0.3, -0.25) is 0 Å². The van der Waals surface area contributed by atoms with Crippen LogP contribution in [0.2, 0.25) is 0 Å². The molecule has 0 N–H and O–H groups in total. The number of nitrogens with zero attached hydrogens (tertiary/aromatic N) is 1. The number of hydrogen-bond acceptors (Lipinski definition) is 2.